The van der Waals surface area contributed by atoms with Gasteiger partial charge in [-0.15, -0.1) is 0 Å². The summed E-state index contributed by atoms with van der Waals surface area (Å²) in [5, 5.41) is 0. The summed E-state index contributed by atoms with van der Waals surface area (Å²) in [5.41, 5.74) is 7.96. The van der Waals surface area contributed by atoms with Crippen molar-refractivity contribution in [2.45, 2.75) is 31.7 Å². The smallest absolute Gasteiger partial charge is 0.0417 e. The zero-order valence-corrected chi connectivity index (χ0v) is 11.0. The molecule has 0 amide bonds. The molecule has 98 valence electrons. The van der Waals surface area contributed by atoms with E-state index >= 15 is 0 Å². The van der Waals surface area contributed by atoms with Crippen LogP contribution in [0.4, 0.5) is 11.4 Å². The van der Waals surface area contributed by atoms with Crippen molar-refractivity contribution in [3.63, 3.8) is 0 Å². The Balaban J connectivity index is 1.68. The van der Waals surface area contributed by atoms with Gasteiger partial charge in [-0.25, -0.2) is 0 Å². The predicted octanol–water partition coefficient (Wildman–Crippen LogP) is 2.33. The van der Waals surface area contributed by atoms with Crippen LogP contribution in [0.15, 0.2) is 24.3 Å². The molecule has 0 unspecified atom stereocenters. The van der Waals surface area contributed by atoms with E-state index in [9.17, 15) is 0 Å². The summed E-state index contributed by atoms with van der Waals surface area (Å²) in [4.78, 5) is 5.19. The Hall–Kier alpha value is -1.22. The molecule has 18 heavy (non-hydrogen) atoms. The fraction of sp³-hybridized carbons (Fsp3) is 0.600. The lowest BCUT2D eigenvalue weighted by atomic mass is 10.2. The highest BCUT2D eigenvalue weighted by molar-refractivity contribution is 5.54. The van der Waals surface area contributed by atoms with Crippen molar-refractivity contribution < 1.29 is 0 Å². The number of benzene rings is 1. The minimum absolute atomic E-state index is 0.701. The Bertz CT molecular complexity index is 381. The van der Waals surface area contributed by atoms with Gasteiger partial charge in [0.25, 0.3) is 0 Å². The zero-order valence-electron chi connectivity index (χ0n) is 11.0. The van der Waals surface area contributed by atoms with Crippen LogP contribution < -0.4 is 10.6 Å². The van der Waals surface area contributed by atoms with Gasteiger partial charge in [0.05, 0.1) is 0 Å². The Labute approximate surface area is 110 Å². The number of hydrogen-bond acceptors (Lipinski definition) is 3. The molecule has 3 heteroatoms. The SMILES string of the molecule is Nc1ccc(N2CCC[C@H]2CN2CCCC2)cc1. The molecule has 0 bridgehead atoms. The van der Waals surface area contributed by atoms with Gasteiger partial charge in [-0.05, 0) is 63.0 Å². The van der Waals surface area contributed by atoms with Crippen LogP contribution in [0.5, 0.6) is 0 Å². The predicted molar refractivity (Wildman–Crippen MR) is 76.9 cm³/mol. The van der Waals surface area contributed by atoms with Gasteiger partial charge >= 0.3 is 0 Å². The maximum atomic E-state index is 5.77. The third-order valence-corrected chi connectivity index (χ3v) is 4.27. The molecular weight excluding hydrogens is 222 g/mol. The second-order valence-electron chi connectivity index (χ2n) is 5.59. The van der Waals surface area contributed by atoms with E-state index in [0.717, 1.165) is 5.69 Å². The minimum atomic E-state index is 0.701. The first-order valence-electron chi connectivity index (χ1n) is 7.17. The van der Waals surface area contributed by atoms with E-state index in [1.54, 1.807) is 0 Å². The lowest BCUT2D eigenvalue weighted by Gasteiger charge is -2.30. The molecule has 1 atom stereocenters. The number of likely N-dealkylation sites (tertiary alicyclic amines) is 1. The zero-order chi connectivity index (χ0) is 12.4. The van der Waals surface area contributed by atoms with Crippen LogP contribution in [-0.2, 0) is 0 Å². The van der Waals surface area contributed by atoms with Gasteiger partial charge in [0.15, 0.2) is 0 Å². The second kappa shape index (κ2) is 5.19. The third kappa shape index (κ3) is 2.46. The summed E-state index contributed by atoms with van der Waals surface area (Å²) in [6, 6.07) is 9.06. The van der Waals surface area contributed by atoms with Crippen molar-refractivity contribution >= 4 is 11.4 Å². The van der Waals surface area contributed by atoms with Gasteiger partial charge in [-0.1, -0.05) is 0 Å². The van der Waals surface area contributed by atoms with E-state index in [2.05, 4.69) is 21.9 Å². The number of nitrogens with two attached hydrogens (primary N) is 1. The molecule has 0 aliphatic carbocycles. The maximum Gasteiger partial charge on any atom is 0.0417 e. The third-order valence-electron chi connectivity index (χ3n) is 4.27. The molecule has 0 aromatic heterocycles. The molecule has 3 rings (SSSR count). The summed E-state index contributed by atoms with van der Waals surface area (Å²) in [6.07, 6.45) is 5.42. The van der Waals surface area contributed by atoms with Gasteiger partial charge in [0, 0.05) is 30.5 Å². The van der Waals surface area contributed by atoms with E-state index in [1.165, 1.54) is 57.5 Å². The van der Waals surface area contributed by atoms with E-state index in [0.29, 0.717) is 6.04 Å². The maximum absolute atomic E-state index is 5.77. The number of hydrogen-bond donors (Lipinski definition) is 1. The topological polar surface area (TPSA) is 32.5 Å². The highest BCUT2D eigenvalue weighted by atomic mass is 15.2. The number of nitrogens with zero attached hydrogens (tertiary/aromatic N) is 2. The first-order chi connectivity index (χ1) is 8.83. The van der Waals surface area contributed by atoms with Gasteiger partial charge in [-0.2, -0.15) is 0 Å². The Morgan fingerprint density at radius 2 is 1.72 bits per heavy atom. The number of nitrogen functional groups attached to an aromatic ring is 1. The number of anilines is 2. The molecule has 2 aliphatic rings. The largest absolute Gasteiger partial charge is 0.399 e. The van der Waals surface area contributed by atoms with Crippen LogP contribution in [0.1, 0.15) is 25.7 Å². The molecule has 2 heterocycles. The Morgan fingerprint density at radius 3 is 2.44 bits per heavy atom. The van der Waals surface area contributed by atoms with Crippen molar-refractivity contribution in [2.75, 3.05) is 36.8 Å². The Morgan fingerprint density at radius 1 is 1.00 bits per heavy atom. The second-order valence-corrected chi connectivity index (χ2v) is 5.59. The Kier molecular flexibility index (Phi) is 3.41. The molecule has 1 aromatic rings. The highest BCUT2D eigenvalue weighted by Crippen LogP contribution is 2.27. The normalized spacial score (nSPS) is 24.9. The summed E-state index contributed by atoms with van der Waals surface area (Å²) in [7, 11) is 0. The summed E-state index contributed by atoms with van der Waals surface area (Å²) < 4.78 is 0. The lowest BCUT2D eigenvalue weighted by molar-refractivity contribution is 0.314. The van der Waals surface area contributed by atoms with Crippen molar-refractivity contribution in [1.29, 1.82) is 0 Å². The van der Waals surface area contributed by atoms with Gasteiger partial charge in [0.1, 0.15) is 0 Å². The van der Waals surface area contributed by atoms with Gasteiger partial charge < -0.3 is 15.5 Å². The van der Waals surface area contributed by atoms with Crippen molar-refractivity contribution in [1.82, 2.24) is 4.90 Å². The van der Waals surface area contributed by atoms with Gasteiger partial charge in [-0.3, -0.25) is 0 Å². The van der Waals surface area contributed by atoms with Crippen LogP contribution in [-0.4, -0.2) is 37.1 Å². The van der Waals surface area contributed by atoms with Crippen molar-refractivity contribution in [3.8, 4) is 0 Å². The lowest BCUT2D eigenvalue weighted by Crippen LogP contribution is -2.39. The van der Waals surface area contributed by atoms with Crippen molar-refractivity contribution in [2.24, 2.45) is 0 Å². The molecule has 2 fully saturated rings. The van der Waals surface area contributed by atoms with Crippen molar-refractivity contribution in [3.05, 3.63) is 24.3 Å². The first-order valence-corrected chi connectivity index (χ1v) is 7.17. The molecule has 0 spiro atoms. The summed E-state index contributed by atoms with van der Waals surface area (Å²) in [6.45, 7) is 5.03. The summed E-state index contributed by atoms with van der Waals surface area (Å²) >= 11 is 0. The van der Waals surface area contributed by atoms with E-state index in [4.69, 9.17) is 5.73 Å². The fourth-order valence-electron chi connectivity index (χ4n) is 3.29. The van der Waals surface area contributed by atoms with E-state index in [-0.39, 0.29) is 0 Å². The minimum Gasteiger partial charge on any atom is -0.399 e. The molecule has 0 saturated carbocycles. The van der Waals surface area contributed by atoms with Crippen LogP contribution in [0.2, 0.25) is 0 Å². The van der Waals surface area contributed by atoms with E-state index < -0.39 is 0 Å². The van der Waals surface area contributed by atoms with Crippen LogP contribution >= 0.6 is 0 Å². The monoisotopic (exact) mass is 245 g/mol. The molecule has 3 nitrogen and oxygen atoms in total. The van der Waals surface area contributed by atoms with Crippen LogP contribution in [0.3, 0.4) is 0 Å². The summed E-state index contributed by atoms with van der Waals surface area (Å²) in [5.74, 6) is 0. The molecule has 2 N–H and O–H groups in total. The first kappa shape index (κ1) is 11.8. The average Bonchev–Trinajstić information content (AvgIpc) is 3.02. The van der Waals surface area contributed by atoms with Crippen LogP contribution in [0.25, 0.3) is 0 Å². The molecule has 2 saturated heterocycles. The average molecular weight is 245 g/mol. The van der Waals surface area contributed by atoms with Crippen LogP contribution in [0, 0.1) is 0 Å². The molecular formula is C15H23N3. The van der Waals surface area contributed by atoms with E-state index in [1.807, 2.05) is 12.1 Å². The highest BCUT2D eigenvalue weighted by Gasteiger charge is 2.27. The fourth-order valence-corrected chi connectivity index (χ4v) is 3.29. The number of rotatable bonds is 3. The molecule has 0 radical (unpaired) electrons. The van der Waals surface area contributed by atoms with Gasteiger partial charge in [0.2, 0.25) is 0 Å². The molecule has 2 aliphatic heterocycles. The molecule has 1 aromatic carbocycles. The standard InChI is InChI=1S/C15H23N3/c16-13-5-7-14(8-6-13)18-11-3-4-15(18)12-17-9-1-2-10-17/h5-8,15H,1-4,9-12,16H2/t15-/m0/s1. The quantitative estimate of drug-likeness (QED) is 0.830.